The molecule has 0 heterocycles. The normalized spacial score (nSPS) is 29.6. The van der Waals surface area contributed by atoms with E-state index in [2.05, 4.69) is 31.9 Å². The highest BCUT2D eigenvalue weighted by atomic mass is 79.9. The summed E-state index contributed by atoms with van der Waals surface area (Å²) in [7, 11) is 1.38. The minimum Gasteiger partial charge on any atom is -0.481 e. The Hall–Kier alpha value is 0.500. The zero-order valence-corrected chi connectivity index (χ0v) is 11.7. The Kier molecular flexibility index (Phi) is 4.33. The van der Waals surface area contributed by atoms with E-state index in [9.17, 15) is 9.00 Å². The van der Waals surface area contributed by atoms with Crippen LogP contribution in [0.5, 0.6) is 0 Å². The van der Waals surface area contributed by atoms with Gasteiger partial charge in [0.25, 0.3) is 0 Å². The van der Waals surface area contributed by atoms with Gasteiger partial charge in [0.05, 0.1) is 5.92 Å². The number of rotatable bonds is 5. The van der Waals surface area contributed by atoms with Crippen LogP contribution >= 0.6 is 31.9 Å². The van der Waals surface area contributed by atoms with E-state index < -0.39 is 31.6 Å². The molecule has 0 spiro atoms. The van der Waals surface area contributed by atoms with Gasteiger partial charge >= 0.3 is 5.97 Å². The van der Waals surface area contributed by atoms with E-state index in [0.29, 0.717) is 6.42 Å². The van der Waals surface area contributed by atoms with Crippen LogP contribution in [0.3, 0.4) is 0 Å². The molecule has 0 aromatic heterocycles. The molecule has 1 saturated carbocycles. The minimum atomic E-state index is -2.20. The van der Waals surface area contributed by atoms with Gasteiger partial charge in [0.15, 0.2) is 11.1 Å². The molecule has 0 aromatic rings. The number of hydrogen-bond acceptors (Lipinski definition) is 3. The van der Waals surface area contributed by atoms with Crippen molar-refractivity contribution in [2.45, 2.75) is 15.1 Å². The van der Waals surface area contributed by atoms with Crippen molar-refractivity contribution in [3.05, 3.63) is 0 Å². The molecule has 0 saturated heterocycles. The van der Waals surface area contributed by atoms with Crippen LogP contribution in [0.15, 0.2) is 0 Å². The molecule has 1 fully saturated rings. The number of carboxylic acid groups (broad SMARTS) is 1. The van der Waals surface area contributed by atoms with Crippen molar-refractivity contribution in [2.24, 2.45) is 11.8 Å². The fourth-order valence-corrected chi connectivity index (χ4v) is 3.02. The Morgan fingerprint density at radius 2 is 2.20 bits per heavy atom. The van der Waals surface area contributed by atoms with Crippen molar-refractivity contribution in [2.75, 3.05) is 7.11 Å². The molecular formula is C7H10Br2O5S. The molecule has 0 aliphatic heterocycles. The molecule has 0 amide bonds. The number of hydrogen-bond donors (Lipinski definition) is 2. The Balaban J connectivity index is 2.74. The molecule has 8 heteroatoms. The molecule has 1 rings (SSSR count). The largest absolute Gasteiger partial charge is 0.481 e. The smallest absolute Gasteiger partial charge is 0.306 e. The highest BCUT2D eigenvalue weighted by molar-refractivity contribution is 9.27. The number of aliphatic carboxylic acids is 1. The van der Waals surface area contributed by atoms with Crippen LogP contribution in [0.4, 0.5) is 0 Å². The van der Waals surface area contributed by atoms with Gasteiger partial charge in [-0.25, -0.2) is 4.21 Å². The third-order valence-electron chi connectivity index (χ3n) is 2.36. The Bertz CT molecular complexity index is 295. The summed E-state index contributed by atoms with van der Waals surface area (Å²) in [5.74, 6) is -1.64. The average Bonchev–Trinajstić information content (AvgIpc) is 2.84. The lowest BCUT2D eigenvalue weighted by molar-refractivity contribution is -0.139. The van der Waals surface area contributed by atoms with Gasteiger partial charge in [0, 0.05) is 13.0 Å². The van der Waals surface area contributed by atoms with E-state index in [-0.39, 0.29) is 5.92 Å². The standard InChI is InChI=1S/C7H10Br2O5S/c1-14-5(7(8,9)15(12)13)3-2-4(3)6(10)11/h3-5H,2H2,1H3,(H,10,11)(H,12,13). The fraction of sp³-hybridized carbons (Fsp3) is 0.857. The van der Waals surface area contributed by atoms with Crippen LogP contribution in [-0.2, 0) is 20.6 Å². The lowest BCUT2D eigenvalue weighted by Gasteiger charge is -2.26. The van der Waals surface area contributed by atoms with Crippen molar-refractivity contribution >= 4 is 48.9 Å². The maximum atomic E-state index is 11.0. The molecule has 15 heavy (non-hydrogen) atoms. The number of ether oxygens (including phenoxy) is 1. The van der Waals surface area contributed by atoms with Crippen LogP contribution in [-0.4, -0.2) is 35.6 Å². The van der Waals surface area contributed by atoms with Gasteiger partial charge in [-0.3, -0.25) is 4.79 Å². The second kappa shape index (κ2) is 4.79. The van der Waals surface area contributed by atoms with E-state index in [4.69, 9.17) is 14.4 Å². The number of carboxylic acids is 1. The number of methoxy groups -OCH3 is 1. The van der Waals surface area contributed by atoms with Crippen molar-refractivity contribution in [1.82, 2.24) is 0 Å². The lowest BCUT2D eigenvalue weighted by Crippen LogP contribution is -2.38. The van der Waals surface area contributed by atoms with Gasteiger partial charge in [-0.05, 0) is 6.42 Å². The van der Waals surface area contributed by atoms with Crippen LogP contribution < -0.4 is 0 Å². The Morgan fingerprint density at radius 3 is 2.47 bits per heavy atom. The molecule has 88 valence electrons. The van der Waals surface area contributed by atoms with Crippen LogP contribution in [0.1, 0.15) is 6.42 Å². The van der Waals surface area contributed by atoms with Gasteiger partial charge in [-0.15, -0.1) is 0 Å². The average molecular weight is 366 g/mol. The summed E-state index contributed by atoms with van der Waals surface area (Å²) in [6, 6.07) is 0. The highest BCUT2D eigenvalue weighted by Gasteiger charge is 2.56. The highest BCUT2D eigenvalue weighted by Crippen LogP contribution is 2.50. The second-order valence-electron chi connectivity index (χ2n) is 3.31. The summed E-state index contributed by atoms with van der Waals surface area (Å²) in [6.07, 6.45) is -0.200. The fourth-order valence-electron chi connectivity index (χ4n) is 1.49. The Labute approximate surface area is 106 Å². The quantitative estimate of drug-likeness (QED) is 0.568. The first-order chi connectivity index (χ1) is 6.82. The minimum absolute atomic E-state index is 0.248. The monoisotopic (exact) mass is 364 g/mol. The van der Waals surface area contributed by atoms with Gasteiger partial charge in [0.2, 0.25) is 2.57 Å². The lowest BCUT2D eigenvalue weighted by atomic mass is 10.2. The van der Waals surface area contributed by atoms with Gasteiger partial charge in [0.1, 0.15) is 6.10 Å². The topological polar surface area (TPSA) is 83.8 Å². The first-order valence-electron chi connectivity index (χ1n) is 4.06. The number of alkyl halides is 2. The SMILES string of the molecule is COC(C1CC1C(=O)O)C(Br)(Br)S(=O)O. The van der Waals surface area contributed by atoms with Crippen molar-refractivity contribution in [3.63, 3.8) is 0 Å². The molecule has 1 aliphatic carbocycles. The van der Waals surface area contributed by atoms with Crippen molar-refractivity contribution in [1.29, 1.82) is 0 Å². The van der Waals surface area contributed by atoms with Crippen molar-refractivity contribution in [3.8, 4) is 0 Å². The maximum Gasteiger partial charge on any atom is 0.306 e. The van der Waals surface area contributed by atoms with Crippen LogP contribution in [0, 0.1) is 11.8 Å². The van der Waals surface area contributed by atoms with Gasteiger partial charge in [-0.2, -0.15) is 0 Å². The molecule has 5 nitrogen and oxygen atoms in total. The summed E-state index contributed by atoms with van der Waals surface area (Å²) in [4.78, 5) is 10.7. The zero-order chi connectivity index (χ0) is 11.8. The predicted molar refractivity (Wildman–Crippen MR) is 61.4 cm³/mol. The van der Waals surface area contributed by atoms with E-state index in [0.717, 1.165) is 0 Å². The molecule has 0 radical (unpaired) electrons. The molecular weight excluding hydrogens is 356 g/mol. The van der Waals surface area contributed by atoms with Crippen molar-refractivity contribution < 1.29 is 23.4 Å². The molecule has 0 bridgehead atoms. The summed E-state index contributed by atoms with van der Waals surface area (Å²) in [5, 5.41) is 8.75. The molecule has 0 aromatic carbocycles. The zero-order valence-electron chi connectivity index (χ0n) is 7.72. The number of halogens is 2. The first kappa shape index (κ1) is 13.6. The number of carbonyl (C=O) groups is 1. The van der Waals surface area contributed by atoms with E-state index in [1.54, 1.807) is 0 Å². The van der Waals surface area contributed by atoms with E-state index >= 15 is 0 Å². The van der Waals surface area contributed by atoms with Crippen LogP contribution in [0.25, 0.3) is 0 Å². The predicted octanol–water partition coefficient (Wildman–Crippen LogP) is 1.39. The summed E-state index contributed by atoms with van der Waals surface area (Å²) in [6.45, 7) is 0. The van der Waals surface area contributed by atoms with E-state index in [1.807, 2.05) is 0 Å². The molecule has 2 N–H and O–H groups in total. The molecule has 4 unspecified atom stereocenters. The van der Waals surface area contributed by atoms with Crippen LogP contribution in [0.2, 0.25) is 0 Å². The molecule has 4 atom stereocenters. The third-order valence-corrected chi connectivity index (χ3v) is 5.63. The maximum absolute atomic E-state index is 11.0. The summed E-state index contributed by atoms with van der Waals surface area (Å²) in [5.41, 5.74) is 0. The van der Waals surface area contributed by atoms with Gasteiger partial charge < -0.3 is 14.4 Å². The summed E-state index contributed by atoms with van der Waals surface area (Å²) >= 11 is 3.88. The summed E-state index contributed by atoms with van der Waals surface area (Å²) < 4.78 is 23.8. The first-order valence-corrected chi connectivity index (χ1v) is 6.76. The Morgan fingerprint density at radius 1 is 1.67 bits per heavy atom. The molecule has 1 aliphatic rings. The third kappa shape index (κ3) is 2.79. The van der Waals surface area contributed by atoms with E-state index in [1.165, 1.54) is 7.11 Å². The van der Waals surface area contributed by atoms with Gasteiger partial charge in [-0.1, -0.05) is 31.9 Å². The second-order valence-corrected chi connectivity index (χ2v) is 9.07.